The number of rotatable bonds is 3. The van der Waals surface area contributed by atoms with Crippen molar-refractivity contribution < 1.29 is 0 Å². The second-order valence-corrected chi connectivity index (χ2v) is 3.57. The van der Waals surface area contributed by atoms with Gasteiger partial charge in [-0.3, -0.25) is 14.3 Å². The van der Waals surface area contributed by atoms with Gasteiger partial charge in [0, 0.05) is 23.6 Å². The Hall–Kier alpha value is -0.840. The lowest BCUT2D eigenvalue weighted by atomic mass is 10.4. The molecule has 0 aromatic carbocycles. The Morgan fingerprint density at radius 3 is 2.77 bits per heavy atom. The smallest absolute Gasteiger partial charge is 0.298 e. The van der Waals surface area contributed by atoms with Crippen molar-refractivity contribution >= 4 is 15.9 Å². The fourth-order valence-electron chi connectivity index (χ4n) is 1.13. The summed E-state index contributed by atoms with van der Waals surface area (Å²) in [6.07, 6.45) is 0.868. The first kappa shape index (κ1) is 10.2. The molecular formula is C8H11BrN2O2. The zero-order valence-corrected chi connectivity index (χ0v) is 8.93. The number of H-pyrrole nitrogens is 1. The number of nitrogens with one attached hydrogen (secondary N) is 1. The van der Waals surface area contributed by atoms with E-state index in [1.807, 2.05) is 0 Å². The quantitative estimate of drug-likeness (QED) is 0.796. The number of aryl methyl sites for hydroxylation is 1. The zero-order valence-electron chi connectivity index (χ0n) is 7.34. The van der Waals surface area contributed by atoms with Gasteiger partial charge in [-0.25, -0.2) is 4.79 Å². The van der Waals surface area contributed by atoms with Crippen LogP contribution in [0, 0.1) is 6.92 Å². The lowest BCUT2D eigenvalue weighted by Gasteiger charge is -2.06. The van der Waals surface area contributed by atoms with E-state index in [9.17, 15) is 9.59 Å². The van der Waals surface area contributed by atoms with Crippen LogP contribution in [0.15, 0.2) is 15.7 Å². The summed E-state index contributed by atoms with van der Waals surface area (Å²) in [5.41, 5.74) is 0.0400. The molecule has 0 aliphatic rings. The molecule has 0 unspecified atom stereocenters. The molecule has 0 aliphatic carbocycles. The van der Waals surface area contributed by atoms with E-state index in [4.69, 9.17) is 0 Å². The Bertz CT molecular complexity index is 394. The molecule has 4 nitrogen and oxygen atoms in total. The molecule has 0 aliphatic heterocycles. The number of alkyl halides is 1. The van der Waals surface area contributed by atoms with Crippen LogP contribution in [0.2, 0.25) is 0 Å². The molecule has 1 rings (SSSR count). The molecule has 1 aromatic rings. The van der Waals surface area contributed by atoms with Gasteiger partial charge in [0.15, 0.2) is 0 Å². The molecule has 0 spiro atoms. The van der Waals surface area contributed by atoms with Crippen LogP contribution >= 0.6 is 15.9 Å². The standard InChI is InChI=1S/C8H11BrN2O2/c1-6-5-7(12)10-8(13)11(6)4-2-3-9/h5H,2-4H2,1H3,(H,10,12,13). The van der Waals surface area contributed by atoms with Gasteiger partial charge in [-0.2, -0.15) is 0 Å². The molecule has 0 bridgehead atoms. The molecule has 0 saturated carbocycles. The molecular weight excluding hydrogens is 236 g/mol. The highest BCUT2D eigenvalue weighted by Gasteiger charge is 2.00. The van der Waals surface area contributed by atoms with Gasteiger partial charge < -0.3 is 0 Å². The Morgan fingerprint density at radius 2 is 2.23 bits per heavy atom. The van der Waals surface area contributed by atoms with Crippen molar-refractivity contribution in [3.63, 3.8) is 0 Å². The predicted octanol–water partition coefficient (Wildman–Crippen LogP) is 0.630. The Labute approximate surface area is 83.7 Å². The minimum absolute atomic E-state index is 0.328. The Balaban J connectivity index is 3.07. The molecule has 0 saturated heterocycles. The van der Waals surface area contributed by atoms with Crippen LogP contribution < -0.4 is 11.2 Å². The fraction of sp³-hybridized carbons (Fsp3) is 0.500. The van der Waals surface area contributed by atoms with Crippen molar-refractivity contribution in [2.45, 2.75) is 19.9 Å². The summed E-state index contributed by atoms with van der Waals surface area (Å²) in [6.45, 7) is 2.39. The van der Waals surface area contributed by atoms with Crippen molar-refractivity contribution in [1.82, 2.24) is 9.55 Å². The number of aromatic amines is 1. The Morgan fingerprint density at radius 1 is 1.54 bits per heavy atom. The van der Waals surface area contributed by atoms with Crippen molar-refractivity contribution in [3.8, 4) is 0 Å². The van der Waals surface area contributed by atoms with Gasteiger partial charge in [0.05, 0.1) is 0 Å². The number of halogens is 1. The molecule has 1 N–H and O–H groups in total. The summed E-state index contributed by atoms with van der Waals surface area (Å²) < 4.78 is 1.56. The van der Waals surface area contributed by atoms with Crippen molar-refractivity contribution in [2.75, 3.05) is 5.33 Å². The highest BCUT2D eigenvalue weighted by molar-refractivity contribution is 9.09. The molecule has 0 radical (unpaired) electrons. The van der Waals surface area contributed by atoms with Gasteiger partial charge in [0.25, 0.3) is 5.56 Å². The van der Waals surface area contributed by atoms with E-state index in [0.717, 1.165) is 11.8 Å². The molecule has 0 amide bonds. The van der Waals surface area contributed by atoms with E-state index in [1.54, 1.807) is 11.5 Å². The van der Waals surface area contributed by atoms with Crippen molar-refractivity contribution in [3.05, 3.63) is 32.6 Å². The van der Waals surface area contributed by atoms with E-state index in [2.05, 4.69) is 20.9 Å². The average Bonchev–Trinajstić information content (AvgIpc) is 2.02. The second-order valence-electron chi connectivity index (χ2n) is 2.77. The minimum Gasteiger partial charge on any atom is -0.298 e. The summed E-state index contributed by atoms with van der Waals surface area (Å²) in [5.74, 6) is 0. The van der Waals surface area contributed by atoms with Crippen molar-refractivity contribution in [2.24, 2.45) is 0 Å². The average molecular weight is 247 g/mol. The van der Waals surface area contributed by atoms with Crippen LogP contribution in [0.3, 0.4) is 0 Å². The minimum atomic E-state index is -0.336. The zero-order chi connectivity index (χ0) is 9.84. The van der Waals surface area contributed by atoms with E-state index < -0.39 is 0 Å². The lowest BCUT2D eigenvalue weighted by Crippen LogP contribution is -2.31. The maximum atomic E-state index is 11.3. The summed E-state index contributed by atoms with van der Waals surface area (Å²) in [6, 6.07) is 1.43. The monoisotopic (exact) mass is 246 g/mol. The van der Waals surface area contributed by atoms with E-state index >= 15 is 0 Å². The van der Waals surface area contributed by atoms with Crippen LogP contribution in [0.25, 0.3) is 0 Å². The van der Waals surface area contributed by atoms with Crippen LogP contribution in [-0.2, 0) is 6.54 Å². The molecule has 72 valence electrons. The SMILES string of the molecule is Cc1cc(=O)[nH]c(=O)n1CCCBr. The first-order valence-electron chi connectivity index (χ1n) is 4.02. The lowest BCUT2D eigenvalue weighted by molar-refractivity contribution is 0.618. The molecule has 0 atom stereocenters. The highest BCUT2D eigenvalue weighted by Crippen LogP contribution is 1.94. The largest absolute Gasteiger partial charge is 0.328 e. The summed E-state index contributed by atoms with van der Waals surface area (Å²) >= 11 is 3.28. The van der Waals surface area contributed by atoms with Gasteiger partial charge in [-0.15, -0.1) is 0 Å². The summed E-state index contributed by atoms with van der Waals surface area (Å²) in [4.78, 5) is 24.3. The summed E-state index contributed by atoms with van der Waals surface area (Å²) in [7, 11) is 0. The topological polar surface area (TPSA) is 54.9 Å². The molecule has 13 heavy (non-hydrogen) atoms. The maximum absolute atomic E-state index is 11.3. The third kappa shape index (κ3) is 2.55. The maximum Gasteiger partial charge on any atom is 0.328 e. The number of aromatic nitrogens is 2. The van der Waals surface area contributed by atoms with Gasteiger partial charge >= 0.3 is 5.69 Å². The first-order chi connectivity index (χ1) is 6.15. The second kappa shape index (κ2) is 4.41. The third-order valence-corrected chi connectivity index (χ3v) is 2.32. The van der Waals surface area contributed by atoms with Crippen molar-refractivity contribution in [1.29, 1.82) is 0 Å². The predicted molar refractivity (Wildman–Crippen MR) is 54.5 cm³/mol. The van der Waals surface area contributed by atoms with Gasteiger partial charge in [-0.05, 0) is 13.3 Å². The Kier molecular flexibility index (Phi) is 3.48. The first-order valence-corrected chi connectivity index (χ1v) is 5.14. The molecule has 1 heterocycles. The molecule has 5 heteroatoms. The van der Waals surface area contributed by atoms with Gasteiger partial charge in [0.2, 0.25) is 0 Å². The number of hydrogen-bond acceptors (Lipinski definition) is 2. The molecule has 1 aromatic heterocycles. The highest BCUT2D eigenvalue weighted by atomic mass is 79.9. The fourth-order valence-corrected chi connectivity index (χ4v) is 1.38. The number of hydrogen-bond donors (Lipinski definition) is 1. The van der Waals surface area contributed by atoms with Crippen LogP contribution in [0.5, 0.6) is 0 Å². The van der Waals surface area contributed by atoms with Crippen LogP contribution in [-0.4, -0.2) is 14.9 Å². The van der Waals surface area contributed by atoms with E-state index in [0.29, 0.717) is 12.2 Å². The van der Waals surface area contributed by atoms with Gasteiger partial charge in [0.1, 0.15) is 0 Å². The van der Waals surface area contributed by atoms with E-state index in [-0.39, 0.29) is 11.2 Å². The van der Waals surface area contributed by atoms with Crippen LogP contribution in [0.1, 0.15) is 12.1 Å². The molecule has 0 fully saturated rings. The summed E-state index contributed by atoms with van der Waals surface area (Å²) in [5, 5.41) is 0.845. The van der Waals surface area contributed by atoms with E-state index in [1.165, 1.54) is 6.07 Å². The normalized spacial score (nSPS) is 10.3. The number of nitrogens with zero attached hydrogens (tertiary/aromatic N) is 1. The third-order valence-electron chi connectivity index (χ3n) is 1.76. The van der Waals surface area contributed by atoms with Gasteiger partial charge in [-0.1, -0.05) is 15.9 Å². The van der Waals surface area contributed by atoms with Crippen LogP contribution in [0.4, 0.5) is 0 Å².